The van der Waals surface area contributed by atoms with Crippen LogP contribution in [0.4, 0.5) is 13.2 Å². The van der Waals surface area contributed by atoms with Crippen LogP contribution in [-0.2, 0) is 18.1 Å². The smallest absolute Gasteiger partial charge is 0.287 e. The molecular formula is C16H30F3O4P. The minimum atomic E-state index is -4.41. The first-order valence-corrected chi connectivity index (χ1v) is 10.0. The number of unbranched alkanes of at least 4 members (excludes halogenated alkanes) is 5. The van der Waals surface area contributed by atoms with E-state index in [1.165, 1.54) is 0 Å². The van der Waals surface area contributed by atoms with E-state index in [1.807, 2.05) is 0 Å². The highest BCUT2D eigenvalue weighted by Gasteiger charge is 2.33. The zero-order valence-electron chi connectivity index (χ0n) is 14.9. The molecule has 0 fully saturated rings. The molecule has 0 aliphatic heterocycles. The molecule has 0 radical (unpaired) electrons. The number of phosphoric ester groups is 1. The number of hydrogen-bond acceptors (Lipinski definition) is 4. The third kappa shape index (κ3) is 11.2. The van der Waals surface area contributed by atoms with Crippen molar-refractivity contribution in [2.75, 3.05) is 19.8 Å². The van der Waals surface area contributed by atoms with Gasteiger partial charge in [0.05, 0.1) is 19.8 Å². The number of allylic oxidation sites excluding steroid dienone is 1. The largest absolute Gasteiger partial charge is 0.475 e. The Bertz CT molecular complexity index is 387. The predicted molar refractivity (Wildman–Crippen MR) is 88.9 cm³/mol. The maximum absolute atomic E-state index is 13.0. The van der Waals surface area contributed by atoms with Crippen LogP contribution in [0, 0.1) is 0 Å². The quantitative estimate of drug-likeness (QED) is 0.200. The second kappa shape index (κ2) is 12.9. The fourth-order valence-corrected chi connectivity index (χ4v) is 3.23. The predicted octanol–water partition coefficient (Wildman–Crippen LogP) is 6.42. The summed E-state index contributed by atoms with van der Waals surface area (Å²) in [4.78, 5) is 0. The minimum Gasteiger partial charge on any atom is -0.287 e. The van der Waals surface area contributed by atoms with Crippen molar-refractivity contribution in [1.29, 1.82) is 0 Å². The van der Waals surface area contributed by atoms with Crippen LogP contribution in [0.1, 0.15) is 65.7 Å². The molecule has 0 spiro atoms. The molecule has 0 atom stereocenters. The van der Waals surface area contributed by atoms with E-state index in [1.54, 1.807) is 13.8 Å². The van der Waals surface area contributed by atoms with E-state index in [9.17, 15) is 17.7 Å². The van der Waals surface area contributed by atoms with Crippen LogP contribution >= 0.6 is 7.82 Å². The highest BCUT2D eigenvalue weighted by atomic mass is 31.2. The first-order chi connectivity index (χ1) is 11.3. The maximum atomic E-state index is 13.0. The van der Waals surface area contributed by atoms with Crippen molar-refractivity contribution in [2.45, 2.75) is 71.9 Å². The number of halogens is 3. The van der Waals surface area contributed by atoms with Gasteiger partial charge in [0.25, 0.3) is 0 Å². The summed E-state index contributed by atoms with van der Waals surface area (Å²) < 4.78 is 65.7. The Morgan fingerprint density at radius 3 is 1.96 bits per heavy atom. The summed E-state index contributed by atoms with van der Waals surface area (Å²) in [5, 5.41) is 0. The van der Waals surface area contributed by atoms with Gasteiger partial charge < -0.3 is 0 Å². The zero-order valence-corrected chi connectivity index (χ0v) is 15.8. The van der Waals surface area contributed by atoms with Crippen LogP contribution in [0.25, 0.3) is 0 Å². The monoisotopic (exact) mass is 374 g/mol. The normalized spacial score (nSPS) is 13.5. The van der Waals surface area contributed by atoms with Crippen LogP contribution in [0.5, 0.6) is 0 Å². The van der Waals surface area contributed by atoms with Gasteiger partial charge in [-0.05, 0) is 26.7 Å². The molecule has 0 N–H and O–H groups in total. The third-order valence-electron chi connectivity index (χ3n) is 3.30. The summed E-state index contributed by atoms with van der Waals surface area (Å²) in [6.07, 6.45) is 1.91. The third-order valence-corrected chi connectivity index (χ3v) is 4.91. The van der Waals surface area contributed by atoms with Crippen molar-refractivity contribution in [3.05, 3.63) is 11.6 Å². The van der Waals surface area contributed by atoms with Crippen LogP contribution in [0.2, 0.25) is 0 Å². The van der Waals surface area contributed by atoms with Gasteiger partial charge in [0, 0.05) is 5.57 Å². The molecule has 0 aromatic carbocycles. The van der Waals surface area contributed by atoms with Gasteiger partial charge in [0.15, 0.2) is 0 Å². The van der Waals surface area contributed by atoms with E-state index in [4.69, 9.17) is 13.6 Å². The lowest BCUT2D eigenvalue weighted by Crippen LogP contribution is -2.13. The van der Waals surface area contributed by atoms with Gasteiger partial charge in [-0.2, -0.15) is 13.2 Å². The van der Waals surface area contributed by atoms with Crippen molar-refractivity contribution in [2.24, 2.45) is 0 Å². The minimum absolute atomic E-state index is 0.0629. The second-order valence-corrected chi connectivity index (χ2v) is 6.99. The fraction of sp³-hybridized carbons (Fsp3) is 0.875. The highest BCUT2D eigenvalue weighted by Crippen LogP contribution is 2.49. The average molecular weight is 374 g/mol. The summed E-state index contributed by atoms with van der Waals surface area (Å²) in [6, 6.07) is 0. The summed E-state index contributed by atoms with van der Waals surface area (Å²) in [5.74, 6) is 0. The van der Waals surface area contributed by atoms with Crippen molar-refractivity contribution in [1.82, 2.24) is 0 Å². The lowest BCUT2D eigenvalue weighted by atomic mass is 10.0. The Hall–Kier alpha value is -0.360. The van der Waals surface area contributed by atoms with Gasteiger partial charge in [-0.1, -0.05) is 45.1 Å². The molecule has 0 saturated heterocycles. The van der Waals surface area contributed by atoms with E-state index in [-0.39, 0.29) is 19.6 Å². The van der Waals surface area contributed by atoms with E-state index in [2.05, 4.69) is 6.92 Å². The van der Waals surface area contributed by atoms with Crippen molar-refractivity contribution < 1.29 is 31.3 Å². The Kier molecular flexibility index (Phi) is 12.7. The van der Waals surface area contributed by atoms with E-state index < -0.39 is 26.2 Å². The van der Waals surface area contributed by atoms with Crippen LogP contribution in [0.3, 0.4) is 0 Å². The summed E-state index contributed by atoms with van der Waals surface area (Å²) >= 11 is 0. The number of hydrogen-bond donors (Lipinski definition) is 0. The van der Waals surface area contributed by atoms with Crippen molar-refractivity contribution in [3.63, 3.8) is 0 Å². The molecule has 0 aliphatic rings. The topological polar surface area (TPSA) is 44.8 Å². The van der Waals surface area contributed by atoms with E-state index in [0.717, 1.165) is 38.2 Å². The van der Waals surface area contributed by atoms with Gasteiger partial charge in [-0.3, -0.25) is 13.6 Å². The van der Waals surface area contributed by atoms with Crippen LogP contribution < -0.4 is 0 Å². The molecule has 144 valence electrons. The lowest BCUT2D eigenvalue weighted by molar-refractivity contribution is -0.0946. The highest BCUT2D eigenvalue weighted by molar-refractivity contribution is 7.48. The van der Waals surface area contributed by atoms with E-state index in [0.29, 0.717) is 6.42 Å². The van der Waals surface area contributed by atoms with Gasteiger partial charge in [-0.15, -0.1) is 0 Å². The average Bonchev–Trinajstić information content (AvgIpc) is 2.48. The summed E-state index contributed by atoms with van der Waals surface area (Å²) in [5.41, 5.74) is -0.655. The molecule has 0 bridgehead atoms. The Morgan fingerprint density at radius 2 is 1.46 bits per heavy atom. The lowest BCUT2D eigenvalue weighted by Gasteiger charge is -2.16. The molecule has 0 heterocycles. The standard InChI is InChI=1S/C16H30F3O4P/c1-4-7-8-9-10-11-12-15(16(17,18)19)13-14-23-24(20,21-5-2)22-6-3/h13H,4-12,14H2,1-3H3/b15-13+. The zero-order chi connectivity index (χ0) is 18.5. The van der Waals surface area contributed by atoms with E-state index >= 15 is 0 Å². The Balaban J connectivity index is 4.49. The molecule has 0 rings (SSSR count). The molecule has 8 heteroatoms. The Morgan fingerprint density at radius 1 is 0.917 bits per heavy atom. The van der Waals surface area contributed by atoms with Gasteiger partial charge in [0.1, 0.15) is 0 Å². The van der Waals surface area contributed by atoms with Crippen LogP contribution in [0.15, 0.2) is 11.6 Å². The first-order valence-electron chi connectivity index (χ1n) is 8.59. The number of rotatable bonds is 14. The molecule has 0 saturated carbocycles. The summed E-state index contributed by atoms with van der Waals surface area (Å²) in [6.45, 7) is 5.01. The number of alkyl halides is 3. The maximum Gasteiger partial charge on any atom is 0.475 e. The molecule has 0 aromatic rings. The van der Waals surface area contributed by atoms with Crippen molar-refractivity contribution >= 4 is 7.82 Å². The van der Waals surface area contributed by atoms with Crippen LogP contribution in [-0.4, -0.2) is 26.0 Å². The molecule has 4 nitrogen and oxygen atoms in total. The van der Waals surface area contributed by atoms with Gasteiger partial charge in [0.2, 0.25) is 0 Å². The fourth-order valence-electron chi connectivity index (χ4n) is 2.11. The first kappa shape index (κ1) is 23.6. The summed E-state index contributed by atoms with van der Waals surface area (Å²) in [7, 11) is -3.78. The SMILES string of the molecule is CCCCCCCC/C(=C\COP(=O)(OCC)OCC)C(F)(F)F. The van der Waals surface area contributed by atoms with Gasteiger partial charge >= 0.3 is 14.0 Å². The van der Waals surface area contributed by atoms with Crippen molar-refractivity contribution in [3.8, 4) is 0 Å². The molecule has 0 amide bonds. The van der Waals surface area contributed by atoms with Gasteiger partial charge in [-0.25, -0.2) is 4.57 Å². The second-order valence-electron chi connectivity index (χ2n) is 5.32. The molecule has 0 unspecified atom stereocenters. The molecule has 24 heavy (non-hydrogen) atoms. The molecule has 0 aromatic heterocycles. The number of phosphoric acid groups is 1. The molecular weight excluding hydrogens is 344 g/mol. The Labute approximate surface area is 143 Å². The molecule has 0 aliphatic carbocycles.